The van der Waals surface area contributed by atoms with Crippen LogP contribution < -0.4 is 10.3 Å². The molecular formula is C22H26N4O3S. The normalized spacial score (nSPS) is 20.8. The van der Waals surface area contributed by atoms with Crippen LogP contribution in [0.2, 0.25) is 0 Å². The van der Waals surface area contributed by atoms with E-state index in [-0.39, 0.29) is 18.0 Å². The first-order chi connectivity index (χ1) is 14.4. The van der Waals surface area contributed by atoms with Gasteiger partial charge >= 0.3 is 0 Å². The predicted molar refractivity (Wildman–Crippen MR) is 118 cm³/mol. The highest BCUT2D eigenvalue weighted by Crippen LogP contribution is 2.35. The van der Waals surface area contributed by atoms with E-state index in [0.717, 1.165) is 11.3 Å². The Morgan fingerprint density at radius 2 is 1.60 bits per heavy atom. The number of nitrogens with zero attached hydrogens (tertiary/aromatic N) is 3. The molecule has 4 rings (SSSR count). The summed E-state index contributed by atoms with van der Waals surface area (Å²) in [6, 6.07) is 19.8. The number of carbonyl (C=O) groups excluding carboxylic acids is 1. The van der Waals surface area contributed by atoms with Crippen LogP contribution in [0.25, 0.3) is 0 Å². The van der Waals surface area contributed by atoms with Crippen LogP contribution in [0.1, 0.15) is 30.9 Å². The molecule has 2 heterocycles. The maximum Gasteiger partial charge on any atom is 0.267 e. The zero-order valence-corrected chi connectivity index (χ0v) is 17.8. The number of hydrogen-bond acceptors (Lipinski definition) is 5. The average molecular weight is 427 g/mol. The molecule has 2 aliphatic heterocycles. The lowest BCUT2D eigenvalue weighted by Crippen LogP contribution is -2.47. The van der Waals surface area contributed by atoms with Crippen molar-refractivity contribution >= 4 is 27.3 Å². The van der Waals surface area contributed by atoms with E-state index in [9.17, 15) is 13.2 Å². The van der Waals surface area contributed by atoms with Crippen molar-refractivity contribution < 1.29 is 13.2 Å². The fraction of sp³-hybridized carbons (Fsp3) is 0.364. The molecule has 1 amide bonds. The molecule has 0 bridgehead atoms. The molecule has 1 N–H and O–H groups in total. The number of piperidine rings is 1. The molecular weight excluding hydrogens is 400 g/mol. The summed E-state index contributed by atoms with van der Waals surface area (Å²) >= 11 is 0. The van der Waals surface area contributed by atoms with E-state index >= 15 is 0 Å². The van der Waals surface area contributed by atoms with E-state index in [2.05, 4.69) is 22.6 Å². The van der Waals surface area contributed by atoms with Gasteiger partial charge in [-0.1, -0.05) is 48.5 Å². The first kappa shape index (κ1) is 20.6. The number of hydrogen-bond donors (Lipinski definition) is 1. The van der Waals surface area contributed by atoms with E-state index in [1.54, 1.807) is 0 Å². The Hall–Kier alpha value is -2.71. The van der Waals surface area contributed by atoms with Crippen LogP contribution in [0, 0.1) is 0 Å². The lowest BCUT2D eigenvalue weighted by atomic mass is 10.0. The van der Waals surface area contributed by atoms with Crippen LogP contribution in [-0.2, 0) is 14.8 Å². The largest absolute Gasteiger partial charge is 0.348 e. The highest BCUT2D eigenvalue weighted by atomic mass is 32.2. The van der Waals surface area contributed by atoms with E-state index in [1.165, 1.54) is 10.6 Å². The summed E-state index contributed by atoms with van der Waals surface area (Å²) in [6.07, 6.45) is 2.96. The van der Waals surface area contributed by atoms with Gasteiger partial charge in [0.25, 0.3) is 5.91 Å². The van der Waals surface area contributed by atoms with Crippen molar-refractivity contribution in [3.8, 4) is 0 Å². The smallest absolute Gasteiger partial charge is 0.267 e. The van der Waals surface area contributed by atoms with Gasteiger partial charge in [-0.2, -0.15) is 5.10 Å². The Morgan fingerprint density at radius 3 is 2.20 bits per heavy atom. The summed E-state index contributed by atoms with van der Waals surface area (Å²) in [7, 11) is -3.18. The number of benzene rings is 2. The quantitative estimate of drug-likeness (QED) is 0.797. The van der Waals surface area contributed by atoms with Crippen LogP contribution in [0.4, 0.5) is 5.69 Å². The van der Waals surface area contributed by atoms with Crippen molar-refractivity contribution in [2.75, 3.05) is 24.4 Å². The number of anilines is 1. The second-order valence-corrected chi connectivity index (χ2v) is 9.75. The lowest BCUT2D eigenvalue weighted by Gasteiger charge is -2.30. The van der Waals surface area contributed by atoms with Gasteiger partial charge in [0, 0.05) is 25.6 Å². The molecule has 2 aromatic carbocycles. The standard InChI is InChI=1S/C22H26N4O3S/c1-30(28,29)25-14-12-18(13-15-25)23-22(27)20-16-21(17-8-4-2-5-9-17)26(24-20)19-10-6-3-7-11-19/h2-11,18,21H,12-16H2,1H3,(H,23,27)/t21-/m0/s1. The van der Waals surface area contributed by atoms with E-state index in [1.807, 2.05) is 53.5 Å². The van der Waals surface area contributed by atoms with E-state index in [4.69, 9.17) is 0 Å². The lowest BCUT2D eigenvalue weighted by molar-refractivity contribution is -0.115. The fourth-order valence-electron chi connectivity index (χ4n) is 4.00. The Morgan fingerprint density at radius 1 is 1.00 bits per heavy atom. The predicted octanol–water partition coefficient (Wildman–Crippen LogP) is 2.53. The first-order valence-corrected chi connectivity index (χ1v) is 12.0. The van der Waals surface area contributed by atoms with Gasteiger partial charge in [-0.15, -0.1) is 0 Å². The molecule has 8 heteroatoms. The van der Waals surface area contributed by atoms with E-state index < -0.39 is 10.0 Å². The summed E-state index contributed by atoms with van der Waals surface area (Å²) in [6.45, 7) is 0.859. The van der Waals surface area contributed by atoms with Gasteiger partial charge in [0.1, 0.15) is 5.71 Å². The van der Waals surface area contributed by atoms with Gasteiger partial charge in [-0.05, 0) is 30.5 Å². The number of hydrazone groups is 1. The Labute approximate surface area is 177 Å². The molecule has 7 nitrogen and oxygen atoms in total. The average Bonchev–Trinajstić information content (AvgIpc) is 3.20. The van der Waals surface area contributed by atoms with E-state index in [0.29, 0.717) is 38.1 Å². The molecule has 1 saturated heterocycles. The van der Waals surface area contributed by atoms with Crippen molar-refractivity contribution in [2.24, 2.45) is 5.10 Å². The summed E-state index contributed by atoms with van der Waals surface area (Å²) < 4.78 is 24.8. The molecule has 1 atom stereocenters. The van der Waals surface area contributed by atoms with Crippen LogP contribution in [-0.4, -0.2) is 49.7 Å². The van der Waals surface area contributed by atoms with Crippen LogP contribution in [0.3, 0.4) is 0 Å². The molecule has 0 unspecified atom stereocenters. The van der Waals surface area contributed by atoms with Crippen molar-refractivity contribution in [2.45, 2.75) is 31.3 Å². The minimum atomic E-state index is -3.18. The summed E-state index contributed by atoms with van der Waals surface area (Å²) in [5, 5.41) is 9.64. The first-order valence-electron chi connectivity index (χ1n) is 10.1. The highest BCUT2D eigenvalue weighted by molar-refractivity contribution is 7.88. The maximum atomic E-state index is 12.9. The summed E-state index contributed by atoms with van der Waals surface area (Å²) in [5.41, 5.74) is 2.54. The summed E-state index contributed by atoms with van der Waals surface area (Å²) in [5.74, 6) is -0.174. The minimum absolute atomic E-state index is 0.0403. The molecule has 1 fully saturated rings. The molecule has 0 saturated carbocycles. The van der Waals surface area contributed by atoms with Gasteiger partial charge in [0.15, 0.2) is 0 Å². The highest BCUT2D eigenvalue weighted by Gasteiger charge is 2.34. The van der Waals surface area contributed by atoms with Crippen molar-refractivity contribution in [3.63, 3.8) is 0 Å². The molecule has 2 aliphatic rings. The number of sulfonamides is 1. The fourth-order valence-corrected chi connectivity index (χ4v) is 4.88. The van der Waals surface area contributed by atoms with Crippen molar-refractivity contribution in [1.29, 1.82) is 0 Å². The molecule has 0 spiro atoms. The van der Waals surface area contributed by atoms with Crippen molar-refractivity contribution in [3.05, 3.63) is 66.2 Å². The summed E-state index contributed by atoms with van der Waals surface area (Å²) in [4.78, 5) is 12.9. The molecule has 30 heavy (non-hydrogen) atoms. The van der Waals surface area contributed by atoms with Gasteiger partial charge in [-0.25, -0.2) is 12.7 Å². The van der Waals surface area contributed by atoms with Gasteiger partial charge < -0.3 is 5.32 Å². The number of para-hydroxylation sites is 1. The second kappa shape index (κ2) is 8.57. The zero-order chi connectivity index (χ0) is 21.1. The van der Waals surface area contributed by atoms with Crippen LogP contribution >= 0.6 is 0 Å². The van der Waals surface area contributed by atoms with Crippen LogP contribution in [0.15, 0.2) is 65.8 Å². The third-order valence-electron chi connectivity index (χ3n) is 5.64. The number of rotatable bonds is 5. The third-order valence-corrected chi connectivity index (χ3v) is 6.94. The van der Waals surface area contributed by atoms with Crippen molar-refractivity contribution in [1.82, 2.24) is 9.62 Å². The Bertz CT molecular complexity index is 1020. The topological polar surface area (TPSA) is 82.1 Å². The second-order valence-electron chi connectivity index (χ2n) is 7.77. The van der Waals surface area contributed by atoms with Gasteiger partial charge in [0.05, 0.1) is 18.0 Å². The minimum Gasteiger partial charge on any atom is -0.348 e. The molecule has 0 radical (unpaired) electrons. The number of nitrogens with one attached hydrogen (secondary N) is 1. The van der Waals surface area contributed by atoms with Gasteiger partial charge in [0.2, 0.25) is 10.0 Å². The third kappa shape index (κ3) is 4.55. The Balaban J connectivity index is 1.48. The molecule has 0 aromatic heterocycles. The SMILES string of the molecule is CS(=O)(=O)N1CCC(NC(=O)C2=NN(c3ccccc3)[C@H](c3ccccc3)C2)CC1. The monoisotopic (exact) mass is 426 g/mol. The number of carbonyl (C=O) groups is 1. The molecule has 2 aromatic rings. The van der Waals surface area contributed by atoms with Gasteiger partial charge in [-0.3, -0.25) is 9.80 Å². The number of amides is 1. The molecule has 158 valence electrons. The van der Waals surface area contributed by atoms with Crippen LogP contribution in [0.5, 0.6) is 0 Å². The maximum absolute atomic E-state index is 12.9. The molecule has 0 aliphatic carbocycles. The Kier molecular flexibility index (Phi) is 5.87. The zero-order valence-electron chi connectivity index (χ0n) is 16.9.